The quantitative estimate of drug-likeness (QED) is 0.761. The van der Waals surface area contributed by atoms with Gasteiger partial charge in [-0.3, -0.25) is 9.36 Å². The second-order valence-corrected chi connectivity index (χ2v) is 6.00. The molecule has 24 heavy (non-hydrogen) atoms. The molecular weight excluding hydrogens is 310 g/mol. The molecule has 0 fully saturated rings. The van der Waals surface area contributed by atoms with Gasteiger partial charge in [0.25, 0.3) is 0 Å². The van der Waals surface area contributed by atoms with E-state index in [0.29, 0.717) is 17.6 Å². The highest BCUT2D eigenvalue weighted by molar-refractivity contribution is 5.79. The van der Waals surface area contributed by atoms with E-state index in [-0.39, 0.29) is 18.5 Å². The van der Waals surface area contributed by atoms with Crippen molar-refractivity contribution in [2.75, 3.05) is 0 Å². The van der Waals surface area contributed by atoms with Gasteiger partial charge >= 0.3 is 5.76 Å². The van der Waals surface area contributed by atoms with Crippen molar-refractivity contribution in [1.82, 2.24) is 24.6 Å². The molecule has 3 aromatic rings. The minimum absolute atomic E-state index is 0.00793. The summed E-state index contributed by atoms with van der Waals surface area (Å²) in [7, 11) is 0. The molecule has 0 radical (unpaired) electrons. The van der Waals surface area contributed by atoms with Crippen molar-refractivity contribution in [1.29, 1.82) is 0 Å². The third-order valence-electron chi connectivity index (χ3n) is 4.37. The number of hydrogen-bond donors (Lipinski definition) is 1. The molecule has 124 valence electrons. The minimum atomic E-state index is -0.521. The van der Waals surface area contributed by atoms with Gasteiger partial charge < -0.3 is 14.3 Å². The normalized spacial score (nSPS) is 17.0. The summed E-state index contributed by atoms with van der Waals surface area (Å²) in [6, 6.07) is 7.08. The molecular formula is C16H17N5O3. The summed E-state index contributed by atoms with van der Waals surface area (Å²) in [5.74, 6) is 1.07. The van der Waals surface area contributed by atoms with Gasteiger partial charge in [0, 0.05) is 19.0 Å². The van der Waals surface area contributed by atoms with E-state index >= 15 is 0 Å². The second kappa shape index (κ2) is 5.63. The van der Waals surface area contributed by atoms with Crippen LogP contribution in [0.2, 0.25) is 0 Å². The van der Waals surface area contributed by atoms with Crippen molar-refractivity contribution >= 4 is 17.0 Å². The molecule has 2 aromatic heterocycles. The maximum absolute atomic E-state index is 12.4. The van der Waals surface area contributed by atoms with Gasteiger partial charge in [-0.1, -0.05) is 12.1 Å². The standard InChI is InChI=1S/C16H17N5O3/c1-10-18-19-14-7-6-11(8-20(10)14)17-15(22)9-21-12-4-2-3-5-13(12)24-16(21)23/h2-5,11H,6-9H2,1H3,(H,17,22). The molecule has 1 aromatic carbocycles. The number of carbonyl (C=O) groups excluding carboxylic acids is 1. The van der Waals surface area contributed by atoms with Crippen LogP contribution in [-0.2, 0) is 24.3 Å². The van der Waals surface area contributed by atoms with Crippen molar-refractivity contribution in [2.24, 2.45) is 0 Å². The number of carbonyl (C=O) groups is 1. The first-order chi connectivity index (χ1) is 11.6. The molecule has 8 nitrogen and oxygen atoms in total. The van der Waals surface area contributed by atoms with Crippen LogP contribution >= 0.6 is 0 Å². The average Bonchev–Trinajstić information content (AvgIpc) is 3.09. The number of nitrogens with zero attached hydrogens (tertiary/aromatic N) is 4. The number of fused-ring (bicyclic) bond motifs is 2. The summed E-state index contributed by atoms with van der Waals surface area (Å²) in [6.07, 6.45) is 1.59. The molecule has 1 aliphatic heterocycles. The maximum Gasteiger partial charge on any atom is 0.420 e. The van der Waals surface area contributed by atoms with Crippen LogP contribution in [0.5, 0.6) is 0 Å². The maximum atomic E-state index is 12.4. The summed E-state index contributed by atoms with van der Waals surface area (Å²) in [5.41, 5.74) is 1.11. The van der Waals surface area contributed by atoms with Gasteiger partial charge in [-0.05, 0) is 25.5 Å². The Morgan fingerprint density at radius 2 is 2.21 bits per heavy atom. The van der Waals surface area contributed by atoms with Crippen molar-refractivity contribution in [3.63, 3.8) is 0 Å². The number of rotatable bonds is 3. The fourth-order valence-electron chi connectivity index (χ4n) is 3.16. The van der Waals surface area contributed by atoms with E-state index in [1.165, 1.54) is 4.57 Å². The van der Waals surface area contributed by atoms with E-state index in [4.69, 9.17) is 4.42 Å². The van der Waals surface area contributed by atoms with Crippen molar-refractivity contribution in [3.8, 4) is 0 Å². The molecule has 1 aliphatic rings. The molecule has 1 atom stereocenters. The lowest BCUT2D eigenvalue weighted by molar-refractivity contribution is -0.122. The van der Waals surface area contributed by atoms with Crippen LogP contribution in [0, 0.1) is 6.92 Å². The summed E-state index contributed by atoms with van der Waals surface area (Å²) in [5, 5.41) is 11.2. The lowest BCUT2D eigenvalue weighted by Gasteiger charge is -2.24. The monoisotopic (exact) mass is 327 g/mol. The first kappa shape index (κ1) is 14.7. The van der Waals surface area contributed by atoms with Crippen LogP contribution in [0.1, 0.15) is 18.1 Å². The zero-order valence-electron chi connectivity index (χ0n) is 13.2. The smallest absolute Gasteiger partial charge is 0.408 e. The Morgan fingerprint density at radius 3 is 3.08 bits per heavy atom. The first-order valence-electron chi connectivity index (χ1n) is 7.88. The Labute approximate surface area is 137 Å². The Kier molecular flexibility index (Phi) is 3.44. The number of aryl methyl sites for hydroxylation is 2. The molecule has 1 unspecified atom stereocenters. The van der Waals surface area contributed by atoms with Crippen LogP contribution in [-0.4, -0.2) is 31.3 Å². The zero-order valence-corrected chi connectivity index (χ0v) is 13.2. The fraction of sp³-hybridized carbons (Fsp3) is 0.375. The van der Waals surface area contributed by atoms with Crippen LogP contribution < -0.4 is 11.1 Å². The SMILES string of the molecule is Cc1nnc2n1CC(NC(=O)Cn1c(=O)oc3ccccc31)CC2. The Morgan fingerprint density at radius 1 is 1.38 bits per heavy atom. The molecule has 0 spiro atoms. The summed E-state index contributed by atoms with van der Waals surface area (Å²) >= 11 is 0. The fourth-order valence-corrected chi connectivity index (χ4v) is 3.16. The van der Waals surface area contributed by atoms with Crippen LogP contribution in [0.25, 0.3) is 11.1 Å². The van der Waals surface area contributed by atoms with Gasteiger partial charge in [-0.15, -0.1) is 10.2 Å². The molecule has 0 saturated heterocycles. The van der Waals surface area contributed by atoms with Crippen LogP contribution in [0.3, 0.4) is 0 Å². The first-order valence-corrected chi connectivity index (χ1v) is 7.88. The molecule has 1 amide bonds. The number of oxazole rings is 1. The van der Waals surface area contributed by atoms with Gasteiger partial charge in [0.1, 0.15) is 18.2 Å². The second-order valence-electron chi connectivity index (χ2n) is 6.00. The highest BCUT2D eigenvalue weighted by atomic mass is 16.4. The number of benzene rings is 1. The van der Waals surface area contributed by atoms with E-state index in [9.17, 15) is 9.59 Å². The van der Waals surface area contributed by atoms with Gasteiger partial charge in [0.2, 0.25) is 5.91 Å². The molecule has 1 N–H and O–H groups in total. The lowest BCUT2D eigenvalue weighted by atomic mass is 10.1. The van der Waals surface area contributed by atoms with E-state index in [1.54, 1.807) is 18.2 Å². The Hall–Kier alpha value is -2.90. The molecule has 3 heterocycles. The molecule has 0 saturated carbocycles. The molecule has 4 rings (SSSR count). The van der Waals surface area contributed by atoms with E-state index in [1.807, 2.05) is 17.6 Å². The highest BCUT2D eigenvalue weighted by Gasteiger charge is 2.23. The highest BCUT2D eigenvalue weighted by Crippen LogP contribution is 2.15. The number of hydrogen-bond acceptors (Lipinski definition) is 5. The van der Waals surface area contributed by atoms with Gasteiger partial charge in [-0.25, -0.2) is 4.79 Å². The van der Waals surface area contributed by atoms with E-state index < -0.39 is 5.76 Å². The number of aromatic nitrogens is 4. The van der Waals surface area contributed by atoms with Crippen LogP contribution in [0.15, 0.2) is 33.5 Å². The minimum Gasteiger partial charge on any atom is -0.408 e. The third-order valence-corrected chi connectivity index (χ3v) is 4.37. The Bertz CT molecular complexity index is 968. The average molecular weight is 327 g/mol. The number of amides is 1. The van der Waals surface area contributed by atoms with Crippen molar-refractivity contribution in [3.05, 3.63) is 46.5 Å². The van der Waals surface area contributed by atoms with Gasteiger partial charge in [-0.2, -0.15) is 0 Å². The third kappa shape index (κ3) is 2.49. The largest absolute Gasteiger partial charge is 0.420 e. The van der Waals surface area contributed by atoms with Gasteiger partial charge in [0.05, 0.1) is 5.52 Å². The van der Waals surface area contributed by atoms with E-state index in [0.717, 1.165) is 24.5 Å². The van der Waals surface area contributed by atoms with E-state index in [2.05, 4.69) is 15.5 Å². The zero-order chi connectivity index (χ0) is 16.7. The Balaban J connectivity index is 1.48. The summed E-state index contributed by atoms with van der Waals surface area (Å²) < 4.78 is 8.52. The van der Waals surface area contributed by atoms with Crippen LogP contribution in [0.4, 0.5) is 0 Å². The number of para-hydroxylation sites is 2. The lowest BCUT2D eigenvalue weighted by Crippen LogP contribution is -2.43. The van der Waals surface area contributed by atoms with Crippen molar-refractivity contribution in [2.45, 2.75) is 38.9 Å². The van der Waals surface area contributed by atoms with Gasteiger partial charge in [0.15, 0.2) is 5.58 Å². The van der Waals surface area contributed by atoms with Crippen molar-refractivity contribution < 1.29 is 9.21 Å². The topological polar surface area (TPSA) is 95.0 Å². The number of nitrogens with one attached hydrogen (secondary N) is 1. The molecule has 0 aliphatic carbocycles. The summed E-state index contributed by atoms with van der Waals surface area (Å²) in [4.78, 5) is 24.3. The molecule has 8 heteroatoms. The predicted octanol–water partition coefficient (Wildman–Crippen LogP) is 0.626. The summed E-state index contributed by atoms with van der Waals surface area (Å²) in [6.45, 7) is 2.50. The predicted molar refractivity (Wildman–Crippen MR) is 85.5 cm³/mol. The molecule has 0 bridgehead atoms.